The number of guanidine groups is 1. The third-order valence-corrected chi connectivity index (χ3v) is 4.53. The van der Waals surface area contributed by atoms with Gasteiger partial charge in [-0.05, 0) is 17.7 Å². The van der Waals surface area contributed by atoms with E-state index in [0.29, 0.717) is 0 Å². The molecule has 1 aromatic carbocycles. The zero-order valence-corrected chi connectivity index (χ0v) is 15.9. The highest BCUT2D eigenvalue weighted by Gasteiger charge is 2.38. The SMILES string of the molecule is COc1c(Cl)cc(C2N=C(NC#N)Nc3nc(N)c(C#N)c(N)c32)cc1C(F)(F)F. The molecule has 2 heterocycles. The first-order chi connectivity index (χ1) is 14.1. The molecule has 0 radical (unpaired) electrons. The number of methoxy groups -OCH3 is 1. The molecule has 1 unspecified atom stereocenters. The predicted molar refractivity (Wildman–Crippen MR) is 102 cm³/mol. The number of nitriles is 2. The summed E-state index contributed by atoms with van der Waals surface area (Å²) in [6.45, 7) is 0. The molecule has 0 amide bonds. The highest BCUT2D eigenvalue weighted by Crippen LogP contribution is 2.46. The van der Waals surface area contributed by atoms with Gasteiger partial charge in [-0.3, -0.25) is 5.32 Å². The first-order valence-electron chi connectivity index (χ1n) is 8.05. The van der Waals surface area contributed by atoms with Crippen molar-refractivity contribution in [3.63, 3.8) is 0 Å². The normalized spacial score (nSPS) is 15.2. The first kappa shape index (κ1) is 20.8. The summed E-state index contributed by atoms with van der Waals surface area (Å²) in [6.07, 6.45) is -3.13. The monoisotopic (exact) mass is 436 g/mol. The maximum Gasteiger partial charge on any atom is 0.420 e. The van der Waals surface area contributed by atoms with Crippen LogP contribution in [-0.4, -0.2) is 18.1 Å². The molecule has 1 aromatic heterocycles. The van der Waals surface area contributed by atoms with E-state index >= 15 is 0 Å². The van der Waals surface area contributed by atoms with E-state index in [2.05, 4.69) is 20.6 Å². The van der Waals surface area contributed by atoms with Crippen LogP contribution in [-0.2, 0) is 6.18 Å². The second-order valence-electron chi connectivity index (χ2n) is 5.98. The number of rotatable bonds is 2. The molecule has 0 bridgehead atoms. The van der Waals surface area contributed by atoms with Crippen molar-refractivity contribution >= 4 is 34.9 Å². The number of nitrogen functional groups attached to an aromatic ring is 2. The zero-order chi connectivity index (χ0) is 22.2. The number of aliphatic imine (C=N–C) groups is 1. The minimum absolute atomic E-state index is 0.0183. The summed E-state index contributed by atoms with van der Waals surface area (Å²) in [5, 5.41) is 22.8. The highest BCUT2D eigenvalue weighted by molar-refractivity contribution is 6.32. The molecule has 0 fully saturated rings. The van der Waals surface area contributed by atoms with Gasteiger partial charge in [-0.15, -0.1) is 0 Å². The summed E-state index contributed by atoms with van der Waals surface area (Å²) >= 11 is 6.03. The lowest BCUT2D eigenvalue weighted by atomic mass is 9.93. The van der Waals surface area contributed by atoms with Gasteiger partial charge in [-0.2, -0.15) is 23.7 Å². The van der Waals surface area contributed by atoms with E-state index in [9.17, 15) is 18.4 Å². The van der Waals surface area contributed by atoms with Crippen LogP contribution in [0.1, 0.15) is 28.3 Å². The molecule has 9 nitrogen and oxygen atoms in total. The van der Waals surface area contributed by atoms with E-state index in [1.165, 1.54) is 6.07 Å². The topological polar surface area (TPSA) is 158 Å². The fraction of sp³-hybridized carbons (Fsp3) is 0.176. The fourth-order valence-corrected chi connectivity index (χ4v) is 3.32. The molecule has 0 saturated heterocycles. The second-order valence-corrected chi connectivity index (χ2v) is 6.39. The Bertz CT molecular complexity index is 1150. The Kier molecular flexibility index (Phi) is 5.20. The summed E-state index contributed by atoms with van der Waals surface area (Å²) in [4.78, 5) is 8.24. The molecule has 0 aliphatic carbocycles. The third-order valence-electron chi connectivity index (χ3n) is 4.25. The Hall–Kier alpha value is -3.90. The average molecular weight is 437 g/mol. The van der Waals surface area contributed by atoms with Crippen molar-refractivity contribution in [1.29, 1.82) is 10.5 Å². The number of pyridine rings is 1. The second kappa shape index (κ2) is 7.50. The van der Waals surface area contributed by atoms with E-state index in [1.54, 1.807) is 12.3 Å². The van der Waals surface area contributed by atoms with Crippen LogP contribution in [0.25, 0.3) is 0 Å². The number of halogens is 4. The summed E-state index contributed by atoms with van der Waals surface area (Å²) in [5.74, 6) is -0.821. The number of hydrogen-bond acceptors (Lipinski definition) is 9. The molecule has 0 saturated carbocycles. The Morgan fingerprint density at radius 1 is 1.30 bits per heavy atom. The van der Waals surface area contributed by atoms with Crippen molar-refractivity contribution in [2.24, 2.45) is 4.99 Å². The van der Waals surface area contributed by atoms with Crippen LogP contribution in [0.5, 0.6) is 5.75 Å². The third kappa shape index (κ3) is 3.44. The van der Waals surface area contributed by atoms with Crippen molar-refractivity contribution in [3.05, 3.63) is 39.4 Å². The number of benzene rings is 1. The summed E-state index contributed by atoms with van der Waals surface area (Å²) < 4.78 is 45.5. The van der Waals surface area contributed by atoms with Crippen molar-refractivity contribution < 1.29 is 17.9 Å². The van der Waals surface area contributed by atoms with E-state index in [1.807, 2.05) is 0 Å². The average Bonchev–Trinajstić information content (AvgIpc) is 2.66. The van der Waals surface area contributed by atoms with Gasteiger partial charge in [0, 0.05) is 5.56 Å². The van der Waals surface area contributed by atoms with Crippen LogP contribution in [0.2, 0.25) is 5.02 Å². The van der Waals surface area contributed by atoms with Crippen molar-refractivity contribution in [1.82, 2.24) is 10.3 Å². The highest BCUT2D eigenvalue weighted by atomic mass is 35.5. The maximum absolute atomic E-state index is 13.6. The Labute approximate surface area is 172 Å². The molecule has 30 heavy (non-hydrogen) atoms. The fourth-order valence-electron chi connectivity index (χ4n) is 3.01. The number of anilines is 3. The Balaban J connectivity index is 2.32. The number of hydrogen-bond donors (Lipinski definition) is 4. The van der Waals surface area contributed by atoms with Gasteiger partial charge in [0.1, 0.15) is 35.1 Å². The van der Waals surface area contributed by atoms with Crippen LogP contribution < -0.4 is 26.8 Å². The number of aromatic nitrogens is 1. The number of nitrogens with zero attached hydrogens (tertiary/aromatic N) is 4. The molecule has 154 valence electrons. The molecule has 0 spiro atoms. The quantitative estimate of drug-likeness (QED) is 0.413. The number of nitrogens with one attached hydrogen (secondary N) is 2. The zero-order valence-electron chi connectivity index (χ0n) is 15.1. The van der Waals surface area contributed by atoms with Gasteiger partial charge in [0.05, 0.1) is 23.4 Å². The number of fused-ring (bicyclic) bond motifs is 1. The molecule has 2 aromatic rings. The van der Waals surface area contributed by atoms with E-state index in [4.69, 9.17) is 33.1 Å². The van der Waals surface area contributed by atoms with Crippen molar-refractivity contribution in [2.45, 2.75) is 12.2 Å². The molecular formula is C17H12ClF3N8O. The van der Waals surface area contributed by atoms with Crippen LogP contribution in [0.15, 0.2) is 17.1 Å². The Morgan fingerprint density at radius 3 is 2.57 bits per heavy atom. The van der Waals surface area contributed by atoms with Crippen LogP contribution >= 0.6 is 11.6 Å². The Morgan fingerprint density at radius 2 is 2.00 bits per heavy atom. The van der Waals surface area contributed by atoms with Gasteiger partial charge >= 0.3 is 6.18 Å². The molecule has 1 atom stereocenters. The molecule has 6 N–H and O–H groups in total. The summed E-state index contributed by atoms with van der Waals surface area (Å²) in [5.41, 5.74) is 10.5. The van der Waals surface area contributed by atoms with Crippen molar-refractivity contribution in [3.8, 4) is 18.0 Å². The minimum Gasteiger partial charge on any atom is -0.495 e. The van der Waals surface area contributed by atoms with Crippen molar-refractivity contribution in [2.75, 3.05) is 23.9 Å². The molecule has 1 aliphatic rings. The lowest BCUT2D eigenvalue weighted by Gasteiger charge is -2.27. The number of alkyl halides is 3. The van der Waals surface area contributed by atoms with Gasteiger partial charge in [0.25, 0.3) is 0 Å². The van der Waals surface area contributed by atoms with E-state index in [-0.39, 0.29) is 45.0 Å². The summed E-state index contributed by atoms with van der Waals surface area (Å²) in [7, 11) is 1.06. The standard InChI is InChI=1S/C17H12ClF3N8O/c1-30-13-8(17(19,20)21)2-6(3-9(13)18)12-10-11(24)7(4-22)14(25)28-15(10)29-16(27-12)26-5-23/h2-3,12H,1H3,(H6,24,25,26,27,28,29). The van der Waals surface area contributed by atoms with Gasteiger partial charge in [-0.25, -0.2) is 9.98 Å². The smallest absolute Gasteiger partial charge is 0.420 e. The number of ether oxygens (including phenoxy) is 1. The minimum atomic E-state index is -4.78. The van der Waals surface area contributed by atoms with Crippen LogP contribution in [0.3, 0.4) is 0 Å². The lowest BCUT2D eigenvalue weighted by molar-refractivity contribution is -0.138. The van der Waals surface area contributed by atoms with Crippen LogP contribution in [0.4, 0.5) is 30.5 Å². The number of nitrogens with two attached hydrogens (primary N) is 2. The molecule has 13 heteroatoms. The largest absolute Gasteiger partial charge is 0.495 e. The molecular weight excluding hydrogens is 425 g/mol. The van der Waals surface area contributed by atoms with E-state index in [0.717, 1.165) is 13.2 Å². The van der Waals surface area contributed by atoms with Gasteiger partial charge in [-0.1, -0.05) is 11.6 Å². The van der Waals surface area contributed by atoms with Gasteiger partial charge < -0.3 is 21.5 Å². The van der Waals surface area contributed by atoms with E-state index < -0.39 is 23.5 Å². The summed E-state index contributed by atoms with van der Waals surface area (Å²) in [6, 6.07) is 2.66. The predicted octanol–water partition coefficient (Wildman–Crippen LogP) is 2.74. The first-order valence-corrected chi connectivity index (χ1v) is 8.43. The maximum atomic E-state index is 13.6. The van der Waals surface area contributed by atoms with Gasteiger partial charge in [0.2, 0.25) is 5.96 Å². The van der Waals surface area contributed by atoms with Crippen LogP contribution in [0, 0.1) is 22.8 Å². The van der Waals surface area contributed by atoms with Gasteiger partial charge in [0.15, 0.2) is 6.19 Å². The molecule has 3 rings (SSSR count). The molecule has 1 aliphatic heterocycles. The lowest BCUT2D eigenvalue weighted by Crippen LogP contribution is -2.32.